The third kappa shape index (κ3) is 2.89. The highest BCUT2D eigenvalue weighted by Crippen LogP contribution is 2.49. The van der Waals surface area contributed by atoms with E-state index in [0.717, 1.165) is 5.56 Å². The lowest BCUT2D eigenvalue weighted by Gasteiger charge is -2.24. The third-order valence-corrected chi connectivity index (χ3v) is 5.53. The fourth-order valence-electron chi connectivity index (χ4n) is 4.14. The summed E-state index contributed by atoms with van der Waals surface area (Å²) >= 11 is 0. The number of hydrogen-bond donors (Lipinski definition) is 0. The van der Waals surface area contributed by atoms with Crippen LogP contribution in [-0.4, -0.2) is 25.0 Å². The number of hydrogen-bond acceptors (Lipinski definition) is 7. The maximum Gasteiger partial charge on any atom is 0.312 e. The molecule has 0 aliphatic carbocycles. The van der Waals surface area contributed by atoms with Crippen molar-refractivity contribution in [2.24, 2.45) is 0 Å². The van der Waals surface area contributed by atoms with Gasteiger partial charge in [0.25, 0.3) is 0 Å². The van der Waals surface area contributed by atoms with Crippen LogP contribution in [0.1, 0.15) is 39.6 Å². The molecule has 2 aromatic carbocycles. The first kappa shape index (κ1) is 17.8. The van der Waals surface area contributed by atoms with E-state index in [1.807, 2.05) is 18.2 Å². The summed E-state index contributed by atoms with van der Waals surface area (Å²) in [6.45, 7) is 0.990. The molecule has 4 heterocycles. The number of Topliss-reactive ketones (excluding diaryl/α,β-unsaturated/α-hetero) is 1. The molecular weight excluding hydrogens is 400 g/mol. The van der Waals surface area contributed by atoms with Gasteiger partial charge in [-0.25, -0.2) is 0 Å². The minimum atomic E-state index is -0.386. The minimum absolute atomic E-state index is 0.107. The molecule has 6 rings (SSSR count). The minimum Gasteiger partial charge on any atom is -0.486 e. The number of allylic oxidation sites excluding steroid dienone is 1. The molecule has 0 radical (unpaired) electrons. The van der Waals surface area contributed by atoms with Gasteiger partial charge in [0.1, 0.15) is 30.5 Å². The lowest BCUT2D eigenvalue weighted by atomic mass is 9.88. The molecule has 0 N–H and O–H groups in total. The van der Waals surface area contributed by atoms with Crippen molar-refractivity contribution in [2.45, 2.75) is 12.3 Å². The van der Waals surface area contributed by atoms with Crippen LogP contribution in [0.15, 0.2) is 58.9 Å². The van der Waals surface area contributed by atoms with Gasteiger partial charge in [0.2, 0.25) is 5.78 Å². The van der Waals surface area contributed by atoms with Gasteiger partial charge < -0.3 is 23.4 Å². The van der Waals surface area contributed by atoms with Gasteiger partial charge in [-0.3, -0.25) is 9.59 Å². The molecule has 7 nitrogen and oxygen atoms in total. The third-order valence-electron chi connectivity index (χ3n) is 5.53. The highest BCUT2D eigenvalue weighted by Gasteiger charge is 2.39. The van der Waals surface area contributed by atoms with E-state index in [2.05, 4.69) is 0 Å². The van der Waals surface area contributed by atoms with E-state index in [9.17, 15) is 9.59 Å². The number of esters is 1. The Balaban J connectivity index is 1.41. The molecule has 0 unspecified atom stereocenters. The predicted molar refractivity (Wildman–Crippen MR) is 108 cm³/mol. The van der Waals surface area contributed by atoms with Crippen molar-refractivity contribution in [1.29, 1.82) is 0 Å². The van der Waals surface area contributed by atoms with Crippen molar-refractivity contribution >= 4 is 17.8 Å². The van der Waals surface area contributed by atoms with Crippen molar-refractivity contribution in [3.63, 3.8) is 0 Å². The van der Waals surface area contributed by atoms with E-state index in [1.54, 1.807) is 36.6 Å². The first-order valence-electron chi connectivity index (χ1n) is 9.92. The van der Waals surface area contributed by atoms with Crippen LogP contribution in [0.25, 0.3) is 6.08 Å². The highest BCUT2D eigenvalue weighted by molar-refractivity contribution is 6.15. The highest BCUT2D eigenvalue weighted by atomic mass is 16.6. The zero-order chi connectivity index (χ0) is 20.9. The average Bonchev–Trinajstić information content (AvgIpc) is 3.42. The van der Waals surface area contributed by atoms with Gasteiger partial charge in [0.15, 0.2) is 17.3 Å². The fraction of sp³-hybridized carbons (Fsp3) is 0.167. The average molecular weight is 416 g/mol. The van der Waals surface area contributed by atoms with E-state index >= 15 is 0 Å². The molecular formula is C24H16O7. The number of carbonyl (C=O) groups excluding carboxylic acids is 2. The quantitative estimate of drug-likeness (QED) is 0.353. The number of ether oxygens (including phenoxy) is 4. The van der Waals surface area contributed by atoms with Crippen LogP contribution < -0.4 is 18.9 Å². The maximum absolute atomic E-state index is 13.1. The zero-order valence-corrected chi connectivity index (χ0v) is 16.3. The summed E-state index contributed by atoms with van der Waals surface area (Å²) in [6, 6.07) is 12.3. The van der Waals surface area contributed by atoms with E-state index in [1.165, 1.54) is 0 Å². The van der Waals surface area contributed by atoms with Gasteiger partial charge in [0.05, 0.1) is 24.2 Å². The van der Waals surface area contributed by atoms with Gasteiger partial charge in [-0.15, -0.1) is 0 Å². The summed E-state index contributed by atoms with van der Waals surface area (Å²) in [6.07, 6.45) is 3.33. The summed E-state index contributed by atoms with van der Waals surface area (Å²) in [4.78, 5) is 25.2. The molecule has 3 aromatic rings. The van der Waals surface area contributed by atoms with E-state index in [-0.39, 0.29) is 29.9 Å². The summed E-state index contributed by atoms with van der Waals surface area (Å²) in [5, 5.41) is 0. The van der Waals surface area contributed by atoms with Gasteiger partial charge in [-0.2, -0.15) is 0 Å². The monoisotopic (exact) mass is 416 g/mol. The lowest BCUT2D eigenvalue weighted by molar-refractivity contribution is -0.135. The Kier molecular flexibility index (Phi) is 3.89. The molecule has 0 saturated carbocycles. The number of fused-ring (bicyclic) bond motifs is 4. The summed E-state index contributed by atoms with van der Waals surface area (Å²) in [5.74, 6) is 1.92. The molecule has 31 heavy (non-hydrogen) atoms. The van der Waals surface area contributed by atoms with Crippen LogP contribution in [0, 0.1) is 0 Å². The topological polar surface area (TPSA) is 84.2 Å². The SMILES string of the molecule is O=C1C[C@H](c2ccco2)c2c(ccc3c2O/C(=C\c2ccc4c(c2)OCCO4)C3=O)O1. The lowest BCUT2D eigenvalue weighted by Crippen LogP contribution is -2.21. The van der Waals surface area contributed by atoms with Crippen molar-refractivity contribution in [3.05, 3.63) is 76.9 Å². The number of rotatable bonds is 2. The molecule has 0 fully saturated rings. The molecule has 0 spiro atoms. The largest absolute Gasteiger partial charge is 0.486 e. The van der Waals surface area contributed by atoms with Gasteiger partial charge in [-0.05, 0) is 48.0 Å². The molecule has 1 atom stereocenters. The number of furan rings is 1. The van der Waals surface area contributed by atoms with Crippen LogP contribution in [0.3, 0.4) is 0 Å². The number of ketones is 1. The van der Waals surface area contributed by atoms with E-state index in [4.69, 9.17) is 23.4 Å². The molecule has 0 amide bonds. The zero-order valence-electron chi connectivity index (χ0n) is 16.3. The first-order valence-corrected chi connectivity index (χ1v) is 9.92. The smallest absolute Gasteiger partial charge is 0.312 e. The summed E-state index contributed by atoms with van der Waals surface area (Å²) in [5.41, 5.74) is 1.83. The van der Waals surface area contributed by atoms with E-state index < -0.39 is 0 Å². The maximum atomic E-state index is 13.1. The second-order valence-corrected chi connectivity index (χ2v) is 7.44. The van der Waals surface area contributed by atoms with Crippen LogP contribution >= 0.6 is 0 Å². The number of carbonyl (C=O) groups is 2. The van der Waals surface area contributed by atoms with E-state index in [0.29, 0.717) is 53.1 Å². The molecule has 0 saturated heterocycles. The van der Waals surface area contributed by atoms with Crippen LogP contribution in [0.4, 0.5) is 0 Å². The van der Waals surface area contributed by atoms with Crippen LogP contribution in [0.2, 0.25) is 0 Å². The van der Waals surface area contributed by atoms with Crippen LogP contribution in [-0.2, 0) is 4.79 Å². The molecule has 0 bridgehead atoms. The van der Waals surface area contributed by atoms with Gasteiger partial charge in [0, 0.05) is 5.56 Å². The number of benzene rings is 2. The molecule has 3 aliphatic heterocycles. The van der Waals surface area contributed by atoms with Crippen molar-refractivity contribution in [2.75, 3.05) is 13.2 Å². The molecule has 7 heteroatoms. The molecule has 3 aliphatic rings. The molecule has 1 aromatic heterocycles. The van der Waals surface area contributed by atoms with Crippen molar-refractivity contribution in [3.8, 4) is 23.0 Å². The normalized spacial score (nSPS) is 20.1. The first-order chi connectivity index (χ1) is 15.2. The Morgan fingerprint density at radius 1 is 0.903 bits per heavy atom. The Bertz CT molecular complexity index is 1250. The van der Waals surface area contributed by atoms with Crippen molar-refractivity contribution < 1.29 is 33.0 Å². The Hall–Kier alpha value is -4.00. The van der Waals surface area contributed by atoms with Gasteiger partial charge in [-0.1, -0.05) is 6.07 Å². The summed E-state index contributed by atoms with van der Waals surface area (Å²) < 4.78 is 28.2. The molecule has 154 valence electrons. The standard InChI is InChI=1S/C24H16O7/c25-21-12-15(16-2-1-7-27-16)22-18(30-21)6-4-14-23(26)20(31-24(14)22)11-13-3-5-17-19(10-13)29-9-8-28-17/h1-7,10-11,15H,8-9,12H2/b20-11-/t15-/m1/s1. The fourth-order valence-corrected chi connectivity index (χ4v) is 4.14. The van der Waals surface area contributed by atoms with Crippen LogP contribution in [0.5, 0.6) is 23.0 Å². The second kappa shape index (κ2) is 6.77. The Morgan fingerprint density at radius 2 is 1.74 bits per heavy atom. The second-order valence-electron chi connectivity index (χ2n) is 7.44. The van der Waals surface area contributed by atoms with Gasteiger partial charge >= 0.3 is 5.97 Å². The van der Waals surface area contributed by atoms with Crippen molar-refractivity contribution in [1.82, 2.24) is 0 Å². The summed E-state index contributed by atoms with van der Waals surface area (Å²) in [7, 11) is 0. The predicted octanol–water partition coefficient (Wildman–Crippen LogP) is 4.11. The Labute approximate surface area is 176 Å². The Morgan fingerprint density at radius 3 is 2.58 bits per heavy atom.